The molecule has 0 aromatic rings. The van der Waals surface area contributed by atoms with Crippen molar-refractivity contribution in [3.8, 4) is 0 Å². The first kappa shape index (κ1) is 5.45. The minimum atomic E-state index is 1.04. The molecule has 1 aliphatic carbocycles. The van der Waals surface area contributed by atoms with Crippen LogP contribution in [0.15, 0.2) is 11.1 Å². The van der Waals surface area contributed by atoms with Gasteiger partial charge in [0.15, 0.2) is 0 Å². The van der Waals surface area contributed by atoms with Crippen LogP contribution >= 0.6 is 0 Å². The highest BCUT2D eigenvalue weighted by atomic mass is 15.4. The van der Waals surface area contributed by atoms with Gasteiger partial charge in [-0.15, -0.1) is 0 Å². The Bertz CT molecular complexity index is 144. The van der Waals surface area contributed by atoms with E-state index in [1.165, 1.54) is 19.3 Å². The van der Waals surface area contributed by atoms with E-state index in [4.69, 9.17) is 5.84 Å². The highest BCUT2D eigenvalue weighted by Crippen LogP contribution is 2.30. The Morgan fingerprint density at radius 1 is 1.11 bits per heavy atom. The average molecular weight is 124 g/mol. The van der Waals surface area contributed by atoms with E-state index in [1.54, 1.807) is 11.1 Å². The molecular formula is C7H12N2. The summed E-state index contributed by atoms with van der Waals surface area (Å²) in [5.41, 5.74) is 3.25. The minimum absolute atomic E-state index is 1.04. The lowest BCUT2D eigenvalue weighted by Crippen LogP contribution is -2.29. The molecule has 0 bridgehead atoms. The number of nitrogens with zero attached hydrogens (tertiary/aromatic N) is 1. The zero-order valence-corrected chi connectivity index (χ0v) is 5.56. The fraction of sp³-hybridized carbons (Fsp3) is 0.714. The molecule has 0 radical (unpaired) electrons. The van der Waals surface area contributed by atoms with Gasteiger partial charge >= 0.3 is 0 Å². The first-order chi connectivity index (χ1) is 4.36. The van der Waals surface area contributed by atoms with Crippen molar-refractivity contribution in [2.75, 3.05) is 13.1 Å². The first-order valence-corrected chi connectivity index (χ1v) is 3.55. The third-order valence-corrected chi connectivity index (χ3v) is 2.25. The molecule has 2 N–H and O–H groups in total. The molecule has 0 atom stereocenters. The summed E-state index contributed by atoms with van der Waals surface area (Å²) in [6, 6.07) is 0. The second kappa shape index (κ2) is 1.82. The van der Waals surface area contributed by atoms with E-state index < -0.39 is 0 Å². The van der Waals surface area contributed by atoms with Crippen molar-refractivity contribution < 1.29 is 0 Å². The summed E-state index contributed by atoms with van der Waals surface area (Å²) in [6.45, 7) is 2.07. The van der Waals surface area contributed by atoms with Crippen LogP contribution < -0.4 is 5.84 Å². The molecule has 0 amide bonds. The monoisotopic (exact) mass is 124 g/mol. The summed E-state index contributed by atoms with van der Waals surface area (Å²) >= 11 is 0. The standard InChI is InChI=1S/C7H12N2/c8-9-4-6-2-1-3-7(6)5-9/h1-5,8H2. The van der Waals surface area contributed by atoms with Crippen molar-refractivity contribution >= 4 is 0 Å². The van der Waals surface area contributed by atoms with Crippen LogP contribution in [0.5, 0.6) is 0 Å². The summed E-state index contributed by atoms with van der Waals surface area (Å²) in [4.78, 5) is 0. The largest absolute Gasteiger partial charge is 0.268 e. The van der Waals surface area contributed by atoms with Crippen LogP contribution in [0.4, 0.5) is 0 Å². The molecule has 0 saturated heterocycles. The molecule has 1 aliphatic heterocycles. The Morgan fingerprint density at radius 2 is 1.67 bits per heavy atom. The van der Waals surface area contributed by atoms with Gasteiger partial charge in [0.1, 0.15) is 0 Å². The molecule has 2 aliphatic rings. The molecule has 0 aromatic carbocycles. The molecule has 2 nitrogen and oxygen atoms in total. The summed E-state index contributed by atoms with van der Waals surface area (Å²) in [5.74, 6) is 5.62. The van der Waals surface area contributed by atoms with E-state index in [0.717, 1.165) is 13.1 Å². The van der Waals surface area contributed by atoms with Gasteiger partial charge in [-0.1, -0.05) is 11.1 Å². The Kier molecular flexibility index (Phi) is 1.10. The smallest absolute Gasteiger partial charge is 0.0345 e. The van der Waals surface area contributed by atoms with E-state index in [2.05, 4.69) is 0 Å². The molecule has 0 spiro atoms. The summed E-state index contributed by atoms with van der Waals surface area (Å²) in [7, 11) is 0. The SMILES string of the molecule is NN1CC2=C(CCC2)C1. The lowest BCUT2D eigenvalue weighted by molar-refractivity contribution is 0.352. The molecular weight excluding hydrogens is 112 g/mol. The molecule has 0 fully saturated rings. The van der Waals surface area contributed by atoms with Gasteiger partial charge in [0.2, 0.25) is 0 Å². The topological polar surface area (TPSA) is 29.3 Å². The molecule has 0 aromatic heterocycles. The predicted octanol–water partition coefficient (Wildman–Crippen LogP) is 0.656. The van der Waals surface area contributed by atoms with Crippen molar-refractivity contribution in [2.24, 2.45) is 5.84 Å². The van der Waals surface area contributed by atoms with Gasteiger partial charge < -0.3 is 0 Å². The molecule has 1 heterocycles. The van der Waals surface area contributed by atoms with Crippen LogP contribution in [-0.4, -0.2) is 18.1 Å². The maximum absolute atomic E-state index is 5.62. The Morgan fingerprint density at radius 3 is 2.22 bits per heavy atom. The van der Waals surface area contributed by atoms with Gasteiger partial charge in [-0.3, -0.25) is 5.84 Å². The van der Waals surface area contributed by atoms with E-state index >= 15 is 0 Å². The fourth-order valence-electron chi connectivity index (χ4n) is 1.80. The second-order valence-electron chi connectivity index (χ2n) is 2.97. The summed E-state index contributed by atoms with van der Waals surface area (Å²) in [5, 5.41) is 1.91. The quantitative estimate of drug-likeness (QED) is 0.379. The zero-order chi connectivity index (χ0) is 6.27. The van der Waals surface area contributed by atoms with Crippen molar-refractivity contribution in [3.63, 3.8) is 0 Å². The van der Waals surface area contributed by atoms with E-state index in [-0.39, 0.29) is 0 Å². The number of hydrazine groups is 1. The molecule has 0 saturated carbocycles. The third-order valence-electron chi connectivity index (χ3n) is 2.25. The highest BCUT2D eigenvalue weighted by molar-refractivity contribution is 5.26. The van der Waals surface area contributed by atoms with Crippen LogP contribution in [0.25, 0.3) is 0 Å². The Labute approximate surface area is 55.3 Å². The lowest BCUT2D eigenvalue weighted by Gasteiger charge is -2.08. The first-order valence-electron chi connectivity index (χ1n) is 3.55. The van der Waals surface area contributed by atoms with E-state index in [9.17, 15) is 0 Å². The van der Waals surface area contributed by atoms with Crippen LogP contribution in [0.2, 0.25) is 0 Å². The molecule has 50 valence electrons. The van der Waals surface area contributed by atoms with Crippen molar-refractivity contribution in [3.05, 3.63) is 11.1 Å². The van der Waals surface area contributed by atoms with Gasteiger partial charge in [-0.25, -0.2) is 5.01 Å². The molecule has 0 unspecified atom stereocenters. The van der Waals surface area contributed by atoms with Crippen LogP contribution in [-0.2, 0) is 0 Å². The van der Waals surface area contributed by atoms with Crippen molar-refractivity contribution in [1.82, 2.24) is 5.01 Å². The number of hydrogen-bond donors (Lipinski definition) is 1. The van der Waals surface area contributed by atoms with Gasteiger partial charge in [-0.2, -0.15) is 0 Å². The molecule has 9 heavy (non-hydrogen) atoms. The normalized spacial score (nSPS) is 27.7. The fourth-order valence-corrected chi connectivity index (χ4v) is 1.80. The number of rotatable bonds is 0. The zero-order valence-electron chi connectivity index (χ0n) is 5.56. The molecule has 2 heteroatoms. The third kappa shape index (κ3) is 0.787. The maximum Gasteiger partial charge on any atom is 0.0345 e. The predicted molar refractivity (Wildman–Crippen MR) is 36.6 cm³/mol. The van der Waals surface area contributed by atoms with Crippen LogP contribution in [0.1, 0.15) is 19.3 Å². The van der Waals surface area contributed by atoms with E-state index in [0.29, 0.717) is 0 Å². The minimum Gasteiger partial charge on any atom is -0.268 e. The van der Waals surface area contributed by atoms with E-state index in [1.807, 2.05) is 5.01 Å². The number of nitrogens with two attached hydrogens (primary N) is 1. The van der Waals surface area contributed by atoms with Gasteiger partial charge in [-0.05, 0) is 19.3 Å². The van der Waals surface area contributed by atoms with Crippen molar-refractivity contribution in [2.45, 2.75) is 19.3 Å². The van der Waals surface area contributed by atoms with Crippen LogP contribution in [0, 0.1) is 0 Å². The molecule has 2 rings (SSSR count). The maximum atomic E-state index is 5.62. The van der Waals surface area contributed by atoms with Gasteiger partial charge in [0.25, 0.3) is 0 Å². The van der Waals surface area contributed by atoms with Gasteiger partial charge in [0, 0.05) is 13.1 Å². The highest BCUT2D eigenvalue weighted by Gasteiger charge is 2.22. The summed E-state index contributed by atoms with van der Waals surface area (Å²) in [6.07, 6.45) is 3.99. The Hall–Kier alpha value is -0.340. The van der Waals surface area contributed by atoms with Gasteiger partial charge in [0.05, 0.1) is 0 Å². The van der Waals surface area contributed by atoms with Crippen molar-refractivity contribution in [1.29, 1.82) is 0 Å². The van der Waals surface area contributed by atoms with Crippen LogP contribution in [0.3, 0.4) is 0 Å². The number of hydrogen-bond acceptors (Lipinski definition) is 2. The Balaban J connectivity index is 2.15. The lowest BCUT2D eigenvalue weighted by atomic mass is 10.2. The second-order valence-corrected chi connectivity index (χ2v) is 2.97. The summed E-state index contributed by atoms with van der Waals surface area (Å²) < 4.78 is 0. The average Bonchev–Trinajstić information content (AvgIpc) is 2.22.